The van der Waals surface area contributed by atoms with E-state index in [4.69, 9.17) is 21.4 Å². The van der Waals surface area contributed by atoms with Gasteiger partial charge in [0.05, 0.1) is 24.6 Å². The first-order valence-electron chi connectivity index (χ1n) is 8.05. The van der Waals surface area contributed by atoms with Crippen LogP contribution in [0.3, 0.4) is 0 Å². The van der Waals surface area contributed by atoms with Gasteiger partial charge < -0.3 is 9.64 Å². The monoisotopic (exact) mass is 339 g/mol. The summed E-state index contributed by atoms with van der Waals surface area (Å²) in [5, 5.41) is 5.57. The van der Waals surface area contributed by atoms with Crippen LogP contribution in [-0.2, 0) is 4.74 Å². The van der Waals surface area contributed by atoms with Crippen LogP contribution in [0.4, 0.5) is 5.82 Å². The first-order chi connectivity index (χ1) is 11.8. The summed E-state index contributed by atoms with van der Waals surface area (Å²) in [6.45, 7) is 3.22. The van der Waals surface area contributed by atoms with E-state index in [-0.39, 0.29) is 0 Å². The van der Waals surface area contributed by atoms with Crippen LogP contribution >= 0.6 is 11.6 Å². The molecule has 3 aromatic rings. The van der Waals surface area contributed by atoms with E-state index in [1.165, 1.54) is 0 Å². The third-order valence-electron chi connectivity index (χ3n) is 4.17. The Bertz CT molecular complexity index is 808. The van der Waals surface area contributed by atoms with E-state index >= 15 is 0 Å². The van der Waals surface area contributed by atoms with E-state index in [1.54, 1.807) is 0 Å². The Kier molecular flexibility index (Phi) is 4.24. The molecule has 1 aromatic heterocycles. The molecule has 1 aliphatic heterocycles. The van der Waals surface area contributed by atoms with Crippen LogP contribution in [0.5, 0.6) is 0 Å². The number of rotatable bonds is 3. The van der Waals surface area contributed by atoms with Crippen LogP contribution in [0.1, 0.15) is 0 Å². The minimum absolute atomic E-state index is 0.724. The van der Waals surface area contributed by atoms with Crippen LogP contribution < -0.4 is 4.90 Å². The maximum Gasteiger partial charge on any atom is 0.133 e. The van der Waals surface area contributed by atoms with Crippen molar-refractivity contribution in [3.05, 3.63) is 65.7 Å². The molecular formula is C19H18ClN3O. The topological polar surface area (TPSA) is 30.3 Å². The molecule has 0 unspecified atom stereocenters. The summed E-state index contributed by atoms with van der Waals surface area (Å²) in [5.74, 6) is 1.08. The minimum atomic E-state index is 0.724. The average molecular weight is 340 g/mol. The van der Waals surface area contributed by atoms with Gasteiger partial charge in [0.2, 0.25) is 0 Å². The minimum Gasteiger partial charge on any atom is -0.378 e. The molecule has 24 heavy (non-hydrogen) atoms. The van der Waals surface area contributed by atoms with Gasteiger partial charge in [-0.25, -0.2) is 4.68 Å². The largest absolute Gasteiger partial charge is 0.378 e. The molecule has 5 heteroatoms. The highest BCUT2D eigenvalue weighted by Crippen LogP contribution is 2.28. The predicted octanol–water partition coefficient (Wildman–Crippen LogP) is 4.03. The lowest BCUT2D eigenvalue weighted by atomic mass is 10.1. The van der Waals surface area contributed by atoms with Crippen molar-refractivity contribution in [3.63, 3.8) is 0 Å². The van der Waals surface area contributed by atoms with Crippen LogP contribution in [0.25, 0.3) is 16.9 Å². The highest BCUT2D eigenvalue weighted by molar-refractivity contribution is 6.30. The van der Waals surface area contributed by atoms with Crippen molar-refractivity contribution >= 4 is 17.4 Å². The van der Waals surface area contributed by atoms with Crippen LogP contribution in [0.15, 0.2) is 60.7 Å². The smallest absolute Gasteiger partial charge is 0.133 e. The fourth-order valence-electron chi connectivity index (χ4n) is 2.91. The number of aromatic nitrogens is 2. The number of halogens is 1. The maximum atomic E-state index is 6.03. The average Bonchev–Trinajstić information content (AvgIpc) is 3.09. The summed E-state index contributed by atoms with van der Waals surface area (Å²) in [7, 11) is 0. The highest BCUT2D eigenvalue weighted by Gasteiger charge is 2.19. The third-order valence-corrected chi connectivity index (χ3v) is 4.42. The Morgan fingerprint density at radius 2 is 1.62 bits per heavy atom. The van der Waals surface area contributed by atoms with Gasteiger partial charge in [-0.2, -0.15) is 5.10 Å². The fraction of sp³-hybridized carbons (Fsp3) is 0.211. The molecule has 0 N–H and O–H groups in total. The predicted molar refractivity (Wildman–Crippen MR) is 97.0 cm³/mol. The second-order valence-electron chi connectivity index (χ2n) is 5.74. The quantitative estimate of drug-likeness (QED) is 0.721. The lowest BCUT2D eigenvalue weighted by molar-refractivity contribution is 0.122. The molecule has 0 atom stereocenters. The van der Waals surface area contributed by atoms with Gasteiger partial charge in [0.15, 0.2) is 0 Å². The molecule has 0 radical (unpaired) electrons. The molecule has 0 saturated carbocycles. The lowest BCUT2D eigenvalue weighted by Crippen LogP contribution is -2.37. The Morgan fingerprint density at radius 3 is 2.33 bits per heavy atom. The summed E-state index contributed by atoms with van der Waals surface area (Å²) in [6, 6.07) is 20.2. The fourth-order valence-corrected chi connectivity index (χ4v) is 3.04. The Morgan fingerprint density at radius 1 is 0.917 bits per heavy atom. The van der Waals surface area contributed by atoms with E-state index < -0.39 is 0 Å². The van der Waals surface area contributed by atoms with E-state index in [0.29, 0.717) is 0 Å². The van der Waals surface area contributed by atoms with Crippen LogP contribution in [0, 0.1) is 0 Å². The zero-order chi connectivity index (χ0) is 16.4. The number of hydrogen-bond donors (Lipinski definition) is 0. The highest BCUT2D eigenvalue weighted by atomic mass is 35.5. The Hall–Kier alpha value is -2.30. The third kappa shape index (κ3) is 3.03. The first-order valence-corrected chi connectivity index (χ1v) is 8.43. The molecule has 1 saturated heterocycles. The number of hydrogen-bond acceptors (Lipinski definition) is 3. The number of morpholine rings is 1. The SMILES string of the molecule is Clc1ccc(-n2nc(-c3ccccc3)cc2N2CCOCC2)cc1. The number of anilines is 1. The van der Waals surface area contributed by atoms with Crippen molar-refractivity contribution in [1.82, 2.24) is 9.78 Å². The first kappa shape index (κ1) is 15.2. The van der Waals surface area contributed by atoms with Crippen molar-refractivity contribution < 1.29 is 4.74 Å². The van der Waals surface area contributed by atoms with E-state index in [9.17, 15) is 0 Å². The standard InChI is InChI=1S/C19H18ClN3O/c20-16-6-8-17(9-7-16)23-19(22-10-12-24-13-11-22)14-18(21-23)15-4-2-1-3-5-15/h1-9,14H,10-13H2. The number of nitrogens with zero attached hydrogens (tertiary/aromatic N) is 3. The molecule has 4 rings (SSSR count). The number of ether oxygens (including phenoxy) is 1. The molecule has 4 nitrogen and oxygen atoms in total. The Labute approximate surface area is 146 Å². The van der Waals surface area contributed by atoms with E-state index in [1.807, 2.05) is 47.1 Å². The van der Waals surface area contributed by atoms with E-state index in [0.717, 1.165) is 54.1 Å². The van der Waals surface area contributed by atoms with E-state index in [2.05, 4.69) is 23.1 Å². The molecule has 2 aromatic carbocycles. The molecular weight excluding hydrogens is 322 g/mol. The van der Waals surface area contributed by atoms with Crippen molar-refractivity contribution in [1.29, 1.82) is 0 Å². The van der Waals surface area contributed by atoms with Crippen molar-refractivity contribution in [2.45, 2.75) is 0 Å². The summed E-state index contributed by atoms with van der Waals surface area (Å²) in [5.41, 5.74) is 3.08. The van der Waals surface area contributed by atoms with Gasteiger partial charge in [0.25, 0.3) is 0 Å². The van der Waals surface area contributed by atoms with Crippen molar-refractivity contribution in [3.8, 4) is 16.9 Å². The summed E-state index contributed by atoms with van der Waals surface area (Å²) < 4.78 is 7.48. The molecule has 0 spiro atoms. The number of benzene rings is 2. The van der Waals surface area contributed by atoms with Gasteiger partial charge in [-0.05, 0) is 24.3 Å². The van der Waals surface area contributed by atoms with Gasteiger partial charge in [0, 0.05) is 29.7 Å². The summed E-state index contributed by atoms with van der Waals surface area (Å²) in [6.07, 6.45) is 0. The van der Waals surface area contributed by atoms with Gasteiger partial charge in [-0.3, -0.25) is 0 Å². The zero-order valence-corrected chi connectivity index (χ0v) is 14.0. The van der Waals surface area contributed by atoms with Crippen LogP contribution in [0.2, 0.25) is 5.02 Å². The molecule has 0 amide bonds. The zero-order valence-electron chi connectivity index (χ0n) is 13.2. The maximum absolute atomic E-state index is 6.03. The lowest BCUT2D eigenvalue weighted by Gasteiger charge is -2.28. The van der Waals surface area contributed by atoms with Crippen LogP contribution in [-0.4, -0.2) is 36.1 Å². The van der Waals surface area contributed by atoms with Crippen molar-refractivity contribution in [2.75, 3.05) is 31.2 Å². The molecule has 1 aliphatic rings. The van der Waals surface area contributed by atoms with Gasteiger partial charge in [-0.1, -0.05) is 41.9 Å². The molecule has 0 aliphatic carbocycles. The van der Waals surface area contributed by atoms with Gasteiger partial charge in [0.1, 0.15) is 5.82 Å². The normalized spacial score (nSPS) is 14.8. The van der Waals surface area contributed by atoms with Gasteiger partial charge in [-0.15, -0.1) is 0 Å². The molecule has 2 heterocycles. The second-order valence-corrected chi connectivity index (χ2v) is 6.18. The van der Waals surface area contributed by atoms with Gasteiger partial charge >= 0.3 is 0 Å². The molecule has 1 fully saturated rings. The van der Waals surface area contributed by atoms with Crippen molar-refractivity contribution in [2.24, 2.45) is 0 Å². The summed E-state index contributed by atoms with van der Waals surface area (Å²) >= 11 is 6.03. The second kappa shape index (κ2) is 6.67. The summed E-state index contributed by atoms with van der Waals surface area (Å²) in [4.78, 5) is 2.32. The molecule has 0 bridgehead atoms. The molecule has 122 valence electrons. The Balaban J connectivity index is 1.80.